The zero-order valence-corrected chi connectivity index (χ0v) is 17.7. The normalized spacial score (nSPS) is 11.7. The third kappa shape index (κ3) is 3.32. The molecule has 0 atom stereocenters. The fourth-order valence-corrected chi connectivity index (χ4v) is 4.70. The summed E-state index contributed by atoms with van der Waals surface area (Å²) in [5.74, 6) is 0.388. The first-order chi connectivity index (χ1) is 13.0. The smallest absolute Gasteiger partial charge is 0.258 e. The highest BCUT2D eigenvalue weighted by atomic mass is 79.9. The second kappa shape index (κ2) is 7.17. The first-order valence-corrected chi connectivity index (χ1v) is 10.6. The lowest BCUT2D eigenvalue weighted by Gasteiger charge is -2.16. The fraction of sp³-hybridized carbons (Fsp3) is 0.174. The summed E-state index contributed by atoms with van der Waals surface area (Å²) >= 11 is 5.20. The molecule has 1 aromatic heterocycles. The Morgan fingerprint density at radius 2 is 1.70 bits per heavy atom. The second-order valence-electron chi connectivity index (χ2n) is 7.15. The van der Waals surface area contributed by atoms with Gasteiger partial charge in [0.1, 0.15) is 0 Å². The maximum absolute atomic E-state index is 13.1. The fourth-order valence-electron chi connectivity index (χ4n) is 3.49. The molecule has 4 aromatic rings. The molecule has 0 aliphatic rings. The molecule has 0 aliphatic heterocycles. The van der Waals surface area contributed by atoms with Gasteiger partial charge in [0.2, 0.25) is 0 Å². The van der Waals surface area contributed by atoms with Crippen molar-refractivity contribution in [2.45, 2.75) is 30.2 Å². The molecule has 0 saturated carbocycles. The number of pyridine rings is 1. The maximum atomic E-state index is 13.1. The van der Waals surface area contributed by atoms with Crippen LogP contribution in [0.15, 0.2) is 73.7 Å². The zero-order valence-electron chi connectivity index (χ0n) is 15.3. The monoisotopic (exact) mass is 437 g/mol. The number of hydrogen-bond donors (Lipinski definition) is 0. The van der Waals surface area contributed by atoms with Crippen LogP contribution in [0, 0.1) is 5.92 Å². The van der Waals surface area contributed by atoms with Crippen LogP contribution in [0.1, 0.15) is 13.8 Å². The lowest BCUT2D eigenvalue weighted by molar-refractivity contribution is 0.506. The minimum absolute atomic E-state index is 0.0533. The quantitative estimate of drug-likeness (QED) is 0.399. The summed E-state index contributed by atoms with van der Waals surface area (Å²) in [6.07, 6.45) is 0. The van der Waals surface area contributed by atoms with Crippen LogP contribution in [0.4, 0.5) is 0 Å². The molecule has 0 saturated heterocycles. The average Bonchev–Trinajstić information content (AvgIpc) is 2.65. The molecule has 2 nitrogen and oxygen atoms in total. The van der Waals surface area contributed by atoms with Crippen LogP contribution >= 0.6 is 27.7 Å². The summed E-state index contributed by atoms with van der Waals surface area (Å²) in [6, 6.07) is 18.5. The van der Waals surface area contributed by atoms with Crippen molar-refractivity contribution in [3.8, 4) is 0 Å². The molecule has 136 valence electrons. The van der Waals surface area contributed by atoms with E-state index in [1.165, 1.54) is 4.90 Å². The van der Waals surface area contributed by atoms with Gasteiger partial charge in [-0.15, -0.1) is 0 Å². The molecule has 4 heteroatoms. The zero-order chi connectivity index (χ0) is 19.1. The van der Waals surface area contributed by atoms with Crippen LogP contribution in [-0.4, -0.2) is 4.57 Å². The minimum Gasteiger partial charge on any atom is -0.308 e. The maximum Gasteiger partial charge on any atom is 0.258 e. The largest absolute Gasteiger partial charge is 0.308 e. The van der Waals surface area contributed by atoms with Crippen molar-refractivity contribution < 1.29 is 0 Å². The average molecular weight is 438 g/mol. The third-order valence-corrected chi connectivity index (χ3v) is 6.31. The molecule has 0 fully saturated rings. The molecule has 3 aromatic carbocycles. The minimum atomic E-state index is 0.0533. The molecule has 4 rings (SSSR count). The van der Waals surface area contributed by atoms with Crippen LogP contribution in [0.5, 0.6) is 0 Å². The molecule has 0 radical (unpaired) electrons. The van der Waals surface area contributed by atoms with Crippen LogP contribution in [-0.2, 0) is 6.54 Å². The Kier molecular flexibility index (Phi) is 4.87. The lowest BCUT2D eigenvalue weighted by Crippen LogP contribution is -2.34. The Balaban J connectivity index is 1.96. The first-order valence-electron chi connectivity index (χ1n) is 8.96. The van der Waals surface area contributed by atoms with Crippen LogP contribution in [0.3, 0.4) is 0 Å². The summed E-state index contributed by atoms with van der Waals surface area (Å²) in [5.41, 5.74) is 0.0533. The molecule has 0 amide bonds. The Morgan fingerprint density at radius 3 is 2.41 bits per heavy atom. The molecule has 0 spiro atoms. The van der Waals surface area contributed by atoms with Gasteiger partial charge in [-0.2, -0.15) is 0 Å². The van der Waals surface area contributed by atoms with E-state index in [4.69, 9.17) is 0 Å². The van der Waals surface area contributed by atoms with Gasteiger partial charge in [0, 0.05) is 42.3 Å². The number of aromatic nitrogens is 1. The van der Waals surface area contributed by atoms with E-state index in [1.807, 2.05) is 28.8 Å². The third-order valence-electron chi connectivity index (χ3n) is 4.70. The van der Waals surface area contributed by atoms with Crippen molar-refractivity contribution in [3.05, 3.63) is 74.8 Å². The van der Waals surface area contributed by atoms with Crippen molar-refractivity contribution in [2.24, 2.45) is 5.92 Å². The number of halogens is 1. The van der Waals surface area contributed by atoms with E-state index in [1.54, 1.807) is 11.8 Å². The predicted octanol–water partition coefficient (Wildman–Crippen LogP) is 5.85. The van der Waals surface area contributed by atoms with E-state index < -0.39 is 0 Å². The van der Waals surface area contributed by atoms with Gasteiger partial charge in [-0.05, 0) is 47.7 Å². The second-order valence-corrected chi connectivity index (χ2v) is 9.18. The van der Waals surface area contributed by atoms with Gasteiger partial charge in [-0.3, -0.25) is 4.79 Å². The molecule has 0 bridgehead atoms. The standard InChI is InChI=1S/C23H20BrNOS/c1-14(2)13-25-15(3)18-11-12-21(27-17-9-7-16(24)8-10-17)19-5-4-6-20(22(18)19)23(25)26/h4-12,14H,3,13H2,1-2H3. The Morgan fingerprint density at radius 1 is 1.00 bits per heavy atom. The van der Waals surface area contributed by atoms with E-state index in [9.17, 15) is 4.79 Å². The molecule has 27 heavy (non-hydrogen) atoms. The van der Waals surface area contributed by atoms with Crippen molar-refractivity contribution in [3.63, 3.8) is 0 Å². The highest BCUT2D eigenvalue weighted by molar-refractivity contribution is 9.10. The van der Waals surface area contributed by atoms with Gasteiger partial charge in [-0.1, -0.05) is 66.3 Å². The topological polar surface area (TPSA) is 22.0 Å². The van der Waals surface area contributed by atoms with Crippen LogP contribution in [0.2, 0.25) is 0 Å². The number of benzene rings is 3. The summed E-state index contributed by atoms with van der Waals surface area (Å²) in [7, 11) is 0. The van der Waals surface area contributed by atoms with Gasteiger partial charge >= 0.3 is 0 Å². The Hall–Kier alpha value is -2.04. The van der Waals surface area contributed by atoms with E-state index in [0.717, 1.165) is 36.3 Å². The molecule has 1 heterocycles. The number of nitrogens with zero attached hydrogens (tertiary/aromatic N) is 1. The number of hydrogen-bond acceptors (Lipinski definition) is 2. The van der Waals surface area contributed by atoms with Crippen molar-refractivity contribution in [2.75, 3.05) is 0 Å². The summed E-state index contributed by atoms with van der Waals surface area (Å²) < 4.78 is 2.89. The Labute approximate surface area is 171 Å². The van der Waals surface area contributed by atoms with E-state index >= 15 is 0 Å². The Bertz CT molecular complexity index is 1210. The van der Waals surface area contributed by atoms with Crippen molar-refractivity contribution in [1.29, 1.82) is 0 Å². The van der Waals surface area contributed by atoms with Gasteiger partial charge < -0.3 is 4.57 Å². The van der Waals surface area contributed by atoms with E-state index in [2.05, 4.69) is 66.7 Å². The van der Waals surface area contributed by atoms with Crippen molar-refractivity contribution >= 4 is 55.8 Å². The van der Waals surface area contributed by atoms with Gasteiger partial charge in [0.15, 0.2) is 0 Å². The van der Waals surface area contributed by atoms with Crippen LogP contribution < -0.4 is 10.9 Å². The van der Waals surface area contributed by atoms with Gasteiger partial charge in [0.25, 0.3) is 5.56 Å². The lowest BCUT2D eigenvalue weighted by atomic mass is 10.0. The predicted molar refractivity (Wildman–Crippen MR) is 120 cm³/mol. The summed E-state index contributed by atoms with van der Waals surface area (Å²) in [5, 5.41) is 4.76. The molecular weight excluding hydrogens is 418 g/mol. The molecule has 0 N–H and O–H groups in total. The van der Waals surface area contributed by atoms with Crippen molar-refractivity contribution in [1.82, 2.24) is 4.57 Å². The highest BCUT2D eigenvalue weighted by Crippen LogP contribution is 2.36. The first kappa shape index (κ1) is 18.3. The highest BCUT2D eigenvalue weighted by Gasteiger charge is 2.14. The van der Waals surface area contributed by atoms with E-state index in [0.29, 0.717) is 12.5 Å². The van der Waals surface area contributed by atoms with Crippen LogP contribution in [0.25, 0.3) is 28.1 Å². The number of rotatable bonds is 4. The summed E-state index contributed by atoms with van der Waals surface area (Å²) in [4.78, 5) is 15.4. The molecular formula is C23H20BrNOS. The molecule has 0 unspecified atom stereocenters. The SMILES string of the molecule is C=c1c2ccc(Sc3ccc(Br)cc3)c3cccc(c(=O)n1CC(C)C)c32. The summed E-state index contributed by atoms with van der Waals surface area (Å²) in [6.45, 7) is 9.16. The molecule has 0 aliphatic carbocycles. The van der Waals surface area contributed by atoms with Gasteiger partial charge in [-0.25, -0.2) is 0 Å². The van der Waals surface area contributed by atoms with E-state index in [-0.39, 0.29) is 5.56 Å². The van der Waals surface area contributed by atoms with Gasteiger partial charge in [0.05, 0.1) is 0 Å².